The molecule has 0 aliphatic carbocycles. The van der Waals surface area contributed by atoms with Gasteiger partial charge in [0.25, 0.3) is 0 Å². The molecule has 1 aliphatic rings. The number of nitrogens with zero attached hydrogens (tertiary/aromatic N) is 1. The SMILES string of the molecule is FC[C@@H]1CCCN1CCOc1ccccc1. The molecule has 0 bridgehead atoms. The zero-order valence-electron chi connectivity index (χ0n) is 9.44. The van der Waals surface area contributed by atoms with E-state index >= 15 is 0 Å². The maximum atomic E-state index is 12.6. The van der Waals surface area contributed by atoms with Gasteiger partial charge in [-0.05, 0) is 31.5 Å². The van der Waals surface area contributed by atoms with Gasteiger partial charge in [0.2, 0.25) is 0 Å². The molecule has 1 aromatic rings. The van der Waals surface area contributed by atoms with Crippen molar-refractivity contribution in [2.75, 3.05) is 26.4 Å². The number of hydrogen-bond donors (Lipinski definition) is 0. The highest BCUT2D eigenvalue weighted by atomic mass is 19.1. The first kappa shape index (κ1) is 11.4. The first-order valence-corrected chi connectivity index (χ1v) is 5.88. The largest absolute Gasteiger partial charge is 0.492 e. The highest BCUT2D eigenvalue weighted by molar-refractivity contribution is 5.20. The van der Waals surface area contributed by atoms with Crippen LogP contribution in [0.25, 0.3) is 0 Å². The van der Waals surface area contributed by atoms with Gasteiger partial charge >= 0.3 is 0 Å². The Labute approximate surface area is 96.0 Å². The van der Waals surface area contributed by atoms with Crippen molar-refractivity contribution < 1.29 is 9.13 Å². The van der Waals surface area contributed by atoms with Crippen LogP contribution in [0.5, 0.6) is 5.75 Å². The van der Waals surface area contributed by atoms with Crippen LogP contribution in [-0.2, 0) is 0 Å². The number of rotatable bonds is 5. The summed E-state index contributed by atoms with van der Waals surface area (Å²) in [5.41, 5.74) is 0. The standard InChI is InChI=1S/C13H18FNO/c14-11-12-5-4-8-15(12)9-10-16-13-6-2-1-3-7-13/h1-3,6-7,12H,4-5,8-11H2/t12-/m0/s1. The van der Waals surface area contributed by atoms with Crippen LogP contribution in [0.1, 0.15) is 12.8 Å². The molecule has 1 aromatic carbocycles. The predicted molar refractivity (Wildman–Crippen MR) is 62.5 cm³/mol. The zero-order valence-corrected chi connectivity index (χ0v) is 9.44. The fourth-order valence-electron chi connectivity index (χ4n) is 2.16. The molecule has 0 unspecified atom stereocenters. The van der Waals surface area contributed by atoms with Gasteiger partial charge in [-0.15, -0.1) is 0 Å². The van der Waals surface area contributed by atoms with Crippen LogP contribution in [0.4, 0.5) is 4.39 Å². The van der Waals surface area contributed by atoms with E-state index in [1.54, 1.807) is 0 Å². The smallest absolute Gasteiger partial charge is 0.119 e. The van der Waals surface area contributed by atoms with Gasteiger partial charge in [0.15, 0.2) is 0 Å². The number of hydrogen-bond acceptors (Lipinski definition) is 2. The van der Waals surface area contributed by atoms with Crippen LogP contribution in [-0.4, -0.2) is 37.3 Å². The molecule has 0 aromatic heterocycles. The summed E-state index contributed by atoms with van der Waals surface area (Å²) in [5.74, 6) is 0.887. The molecule has 88 valence electrons. The number of benzene rings is 1. The van der Waals surface area contributed by atoms with Crippen molar-refractivity contribution in [2.45, 2.75) is 18.9 Å². The molecule has 0 spiro atoms. The third-order valence-corrected chi connectivity index (χ3v) is 3.07. The fraction of sp³-hybridized carbons (Fsp3) is 0.538. The minimum atomic E-state index is -0.231. The second kappa shape index (κ2) is 5.85. The normalized spacial score (nSPS) is 21.2. The van der Waals surface area contributed by atoms with Crippen molar-refractivity contribution in [2.24, 2.45) is 0 Å². The van der Waals surface area contributed by atoms with Gasteiger partial charge in [0.05, 0.1) is 0 Å². The minimum Gasteiger partial charge on any atom is -0.492 e. The highest BCUT2D eigenvalue weighted by Gasteiger charge is 2.23. The van der Waals surface area contributed by atoms with Crippen molar-refractivity contribution >= 4 is 0 Å². The van der Waals surface area contributed by atoms with E-state index in [0.717, 1.165) is 31.7 Å². The number of ether oxygens (including phenoxy) is 1. The third kappa shape index (κ3) is 2.95. The van der Waals surface area contributed by atoms with Crippen LogP contribution in [0.15, 0.2) is 30.3 Å². The number of alkyl halides is 1. The van der Waals surface area contributed by atoms with Crippen molar-refractivity contribution in [1.29, 1.82) is 0 Å². The summed E-state index contributed by atoms with van der Waals surface area (Å²) in [6, 6.07) is 9.88. The van der Waals surface area contributed by atoms with E-state index in [0.29, 0.717) is 6.61 Å². The molecular weight excluding hydrogens is 205 g/mol. The Morgan fingerprint density at radius 2 is 2.12 bits per heavy atom. The first-order chi connectivity index (χ1) is 7.90. The van der Waals surface area contributed by atoms with Crippen molar-refractivity contribution in [3.05, 3.63) is 30.3 Å². The van der Waals surface area contributed by atoms with Gasteiger partial charge in [0, 0.05) is 12.6 Å². The molecule has 0 saturated carbocycles. The Kier molecular flexibility index (Phi) is 4.17. The zero-order chi connectivity index (χ0) is 11.2. The van der Waals surface area contributed by atoms with Crippen molar-refractivity contribution in [3.63, 3.8) is 0 Å². The summed E-state index contributed by atoms with van der Waals surface area (Å²) in [4.78, 5) is 2.18. The molecule has 3 heteroatoms. The van der Waals surface area contributed by atoms with Gasteiger partial charge in [0.1, 0.15) is 19.0 Å². The van der Waals surface area contributed by atoms with Gasteiger partial charge in [-0.3, -0.25) is 4.90 Å². The van der Waals surface area contributed by atoms with E-state index in [9.17, 15) is 4.39 Å². The Bertz CT molecular complexity index is 304. The first-order valence-electron chi connectivity index (χ1n) is 5.88. The van der Waals surface area contributed by atoms with Gasteiger partial charge in [-0.25, -0.2) is 4.39 Å². The molecule has 1 fully saturated rings. The summed E-state index contributed by atoms with van der Waals surface area (Å²) in [6.07, 6.45) is 2.10. The van der Waals surface area contributed by atoms with Gasteiger partial charge in [-0.1, -0.05) is 18.2 Å². The van der Waals surface area contributed by atoms with Gasteiger partial charge < -0.3 is 4.74 Å². The minimum absolute atomic E-state index is 0.124. The monoisotopic (exact) mass is 223 g/mol. The maximum Gasteiger partial charge on any atom is 0.119 e. The van der Waals surface area contributed by atoms with Crippen LogP contribution >= 0.6 is 0 Å². The molecule has 2 rings (SSSR count). The lowest BCUT2D eigenvalue weighted by atomic mass is 10.2. The summed E-state index contributed by atoms with van der Waals surface area (Å²) < 4.78 is 18.2. The van der Waals surface area contributed by atoms with E-state index < -0.39 is 0 Å². The third-order valence-electron chi connectivity index (χ3n) is 3.07. The molecule has 1 atom stereocenters. The number of halogens is 1. The van der Waals surface area contributed by atoms with Crippen LogP contribution in [0, 0.1) is 0 Å². The van der Waals surface area contributed by atoms with E-state index in [1.165, 1.54) is 0 Å². The Hall–Kier alpha value is -1.09. The number of likely N-dealkylation sites (tertiary alicyclic amines) is 1. The van der Waals surface area contributed by atoms with Crippen molar-refractivity contribution in [3.8, 4) is 5.75 Å². The summed E-state index contributed by atoms with van der Waals surface area (Å²) in [6.45, 7) is 2.24. The molecule has 0 amide bonds. The lowest BCUT2D eigenvalue weighted by molar-refractivity contribution is 0.176. The highest BCUT2D eigenvalue weighted by Crippen LogP contribution is 2.17. The second-order valence-electron chi connectivity index (χ2n) is 4.15. The average Bonchev–Trinajstić information content (AvgIpc) is 2.78. The number of para-hydroxylation sites is 1. The Balaban J connectivity index is 1.72. The molecule has 16 heavy (non-hydrogen) atoms. The second-order valence-corrected chi connectivity index (χ2v) is 4.15. The van der Waals surface area contributed by atoms with Crippen molar-refractivity contribution in [1.82, 2.24) is 4.90 Å². The van der Waals surface area contributed by atoms with Crippen LogP contribution < -0.4 is 4.74 Å². The van der Waals surface area contributed by atoms with E-state index in [1.807, 2.05) is 30.3 Å². The summed E-state index contributed by atoms with van der Waals surface area (Å²) in [5, 5.41) is 0. The molecule has 1 saturated heterocycles. The Morgan fingerprint density at radius 1 is 1.31 bits per heavy atom. The summed E-state index contributed by atoms with van der Waals surface area (Å²) >= 11 is 0. The van der Waals surface area contributed by atoms with Gasteiger partial charge in [-0.2, -0.15) is 0 Å². The molecule has 0 N–H and O–H groups in total. The molecule has 0 radical (unpaired) electrons. The van der Waals surface area contributed by atoms with E-state index in [-0.39, 0.29) is 12.7 Å². The van der Waals surface area contributed by atoms with E-state index in [4.69, 9.17) is 4.74 Å². The lowest BCUT2D eigenvalue weighted by Crippen LogP contribution is -2.34. The summed E-state index contributed by atoms with van der Waals surface area (Å²) in [7, 11) is 0. The topological polar surface area (TPSA) is 12.5 Å². The van der Waals surface area contributed by atoms with Crippen LogP contribution in [0.3, 0.4) is 0 Å². The molecule has 2 nitrogen and oxygen atoms in total. The molecule has 1 heterocycles. The maximum absolute atomic E-state index is 12.6. The average molecular weight is 223 g/mol. The van der Waals surface area contributed by atoms with Crippen LogP contribution in [0.2, 0.25) is 0 Å². The predicted octanol–water partition coefficient (Wildman–Crippen LogP) is 2.50. The lowest BCUT2D eigenvalue weighted by Gasteiger charge is -2.21. The molecule has 1 aliphatic heterocycles. The quantitative estimate of drug-likeness (QED) is 0.760. The fourth-order valence-corrected chi connectivity index (χ4v) is 2.16. The van der Waals surface area contributed by atoms with E-state index in [2.05, 4.69) is 4.90 Å². The molecular formula is C13H18FNO. The Morgan fingerprint density at radius 3 is 2.88 bits per heavy atom.